The highest BCUT2D eigenvalue weighted by atomic mass is 32.2. The summed E-state index contributed by atoms with van der Waals surface area (Å²) >= 11 is 0. The summed E-state index contributed by atoms with van der Waals surface area (Å²) in [7, 11) is -7.16. The fourth-order valence-electron chi connectivity index (χ4n) is 4.91. The van der Waals surface area contributed by atoms with Crippen LogP contribution in [0.3, 0.4) is 0 Å². The van der Waals surface area contributed by atoms with E-state index in [4.69, 9.17) is 9.47 Å². The Kier molecular flexibility index (Phi) is 6.09. The number of para-hydroxylation sites is 1. The van der Waals surface area contributed by atoms with E-state index in [1.165, 1.54) is 0 Å². The predicted molar refractivity (Wildman–Crippen MR) is 129 cm³/mol. The van der Waals surface area contributed by atoms with Crippen LogP contribution in [0.5, 0.6) is 0 Å². The van der Waals surface area contributed by atoms with E-state index < -0.39 is 25.8 Å². The van der Waals surface area contributed by atoms with Gasteiger partial charge in [-0.25, -0.2) is 16.8 Å². The number of ether oxygens (including phenoxy) is 2. The Labute approximate surface area is 200 Å². The third kappa shape index (κ3) is 4.31. The highest BCUT2D eigenvalue weighted by Crippen LogP contribution is 2.49. The second-order valence-corrected chi connectivity index (χ2v) is 12.6. The number of piperidine rings is 1. The molecule has 1 N–H and O–H groups in total. The van der Waals surface area contributed by atoms with Crippen molar-refractivity contribution in [1.82, 2.24) is 4.31 Å². The minimum Gasteiger partial charge on any atom is -0.344 e. The number of hydrogen-bond acceptors (Lipinski definition) is 7. The maximum Gasteiger partial charge on any atom is 0.245 e. The fraction of sp³-hybridized carbons (Fsp3) is 0.478. The monoisotopic (exact) mass is 507 g/mol. The lowest BCUT2D eigenvalue weighted by atomic mass is 10.1. The maximum absolute atomic E-state index is 13.6. The van der Waals surface area contributed by atoms with Crippen molar-refractivity contribution in [2.75, 3.05) is 48.7 Å². The summed E-state index contributed by atoms with van der Waals surface area (Å²) in [6, 6.07) is 12.2. The molecule has 3 aliphatic rings. The van der Waals surface area contributed by atoms with Gasteiger partial charge in [-0.1, -0.05) is 18.6 Å². The van der Waals surface area contributed by atoms with E-state index in [-0.39, 0.29) is 11.4 Å². The van der Waals surface area contributed by atoms with Crippen molar-refractivity contribution in [2.45, 2.75) is 36.4 Å². The molecule has 0 atom stereocenters. The Morgan fingerprint density at radius 3 is 2.29 bits per heavy atom. The molecule has 11 heteroatoms. The maximum atomic E-state index is 13.6. The first-order valence-corrected chi connectivity index (χ1v) is 14.8. The zero-order valence-electron chi connectivity index (χ0n) is 19.1. The van der Waals surface area contributed by atoms with Crippen LogP contribution < -0.4 is 9.62 Å². The Morgan fingerprint density at radius 1 is 0.882 bits per heavy atom. The van der Waals surface area contributed by atoms with E-state index in [1.807, 2.05) is 11.0 Å². The molecule has 5 rings (SSSR count). The first-order chi connectivity index (χ1) is 16.2. The van der Waals surface area contributed by atoms with Crippen LogP contribution in [-0.2, 0) is 35.3 Å². The van der Waals surface area contributed by atoms with Crippen molar-refractivity contribution in [3.63, 3.8) is 0 Å². The number of rotatable bonds is 5. The van der Waals surface area contributed by atoms with Crippen molar-refractivity contribution < 1.29 is 26.3 Å². The third-order valence-corrected chi connectivity index (χ3v) is 8.97. The number of nitrogens with one attached hydrogen (secondary N) is 1. The smallest absolute Gasteiger partial charge is 0.245 e. The van der Waals surface area contributed by atoms with Gasteiger partial charge < -0.3 is 14.4 Å². The molecule has 2 fully saturated rings. The van der Waals surface area contributed by atoms with Crippen LogP contribution in [0.15, 0.2) is 47.4 Å². The van der Waals surface area contributed by atoms with Gasteiger partial charge in [-0.05, 0) is 49.6 Å². The second kappa shape index (κ2) is 8.80. The average Bonchev–Trinajstić information content (AvgIpc) is 3.12. The predicted octanol–water partition coefficient (Wildman–Crippen LogP) is 2.97. The number of benzene rings is 2. The van der Waals surface area contributed by atoms with E-state index in [9.17, 15) is 16.8 Å². The highest BCUT2D eigenvalue weighted by Gasteiger charge is 2.48. The van der Waals surface area contributed by atoms with Gasteiger partial charge in [0.2, 0.25) is 25.8 Å². The van der Waals surface area contributed by atoms with E-state index in [0.717, 1.165) is 37.6 Å². The van der Waals surface area contributed by atoms with Gasteiger partial charge in [0.25, 0.3) is 0 Å². The molecule has 184 valence electrons. The quantitative estimate of drug-likeness (QED) is 0.663. The molecule has 0 aliphatic carbocycles. The SMILES string of the molecule is CS(=O)(=O)Nc1ccc2c(c1)C1(CN2c2ccccc2S(=O)(=O)N2CCCCC2)OCCCO1. The van der Waals surface area contributed by atoms with E-state index in [1.54, 1.807) is 40.7 Å². The highest BCUT2D eigenvalue weighted by molar-refractivity contribution is 7.92. The van der Waals surface area contributed by atoms with Crippen molar-refractivity contribution in [3.8, 4) is 0 Å². The van der Waals surface area contributed by atoms with Crippen LogP contribution in [0.2, 0.25) is 0 Å². The third-order valence-electron chi connectivity index (χ3n) is 6.42. The van der Waals surface area contributed by atoms with Gasteiger partial charge in [0.1, 0.15) is 4.90 Å². The molecule has 2 aromatic carbocycles. The molecule has 34 heavy (non-hydrogen) atoms. The van der Waals surface area contributed by atoms with E-state index in [2.05, 4.69) is 4.72 Å². The first-order valence-electron chi connectivity index (χ1n) is 11.5. The lowest BCUT2D eigenvalue weighted by Gasteiger charge is -2.35. The topological polar surface area (TPSA) is 105 Å². The Hall–Kier alpha value is -2.18. The number of anilines is 3. The molecule has 0 bridgehead atoms. The minimum absolute atomic E-state index is 0.244. The average molecular weight is 508 g/mol. The zero-order valence-corrected chi connectivity index (χ0v) is 20.7. The van der Waals surface area contributed by atoms with Gasteiger partial charge >= 0.3 is 0 Å². The molecular weight excluding hydrogens is 478 g/mol. The molecule has 0 radical (unpaired) electrons. The van der Waals surface area contributed by atoms with Crippen molar-refractivity contribution in [1.29, 1.82) is 0 Å². The summed E-state index contributed by atoms with van der Waals surface area (Å²) in [6.07, 6.45) is 4.59. The van der Waals surface area contributed by atoms with Crippen LogP contribution in [0.25, 0.3) is 0 Å². The van der Waals surface area contributed by atoms with E-state index >= 15 is 0 Å². The summed E-state index contributed by atoms with van der Waals surface area (Å²) < 4.78 is 67.2. The normalized spacial score (nSPS) is 20.9. The standard InChI is InChI=1S/C23H29N3O6S2/c1-33(27,28)24-18-10-11-20-19(16-18)23(31-14-7-15-32-23)17-26(20)21-8-3-4-9-22(21)34(29,30)25-12-5-2-6-13-25/h3-4,8-11,16,24H,2,5-7,12-15,17H2,1H3. The Morgan fingerprint density at radius 2 is 1.59 bits per heavy atom. The summed E-state index contributed by atoms with van der Waals surface area (Å²) in [5.41, 5.74) is 2.34. The van der Waals surface area contributed by atoms with Crippen molar-refractivity contribution in [3.05, 3.63) is 48.0 Å². The van der Waals surface area contributed by atoms with Crippen LogP contribution >= 0.6 is 0 Å². The zero-order chi connectivity index (χ0) is 24.0. The van der Waals surface area contributed by atoms with Crippen molar-refractivity contribution in [2.24, 2.45) is 0 Å². The largest absolute Gasteiger partial charge is 0.344 e. The molecule has 3 aliphatic heterocycles. The first kappa shape index (κ1) is 23.6. The molecule has 0 saturated carbocycles. The summed E-state index contributed by atoms with van der Waals surface area (Å²) in [5, 5.41) is 0. The van der Waals surface area contributed by atoms with Gasteiger partial charge in [0.15, 0.2) is 0 Å². The molecule has 2 saturated heterocycles. The van der Waals surface area contributed by atoms with Crippen molar-refractivity contribution >= 4 is 37.1 Å². The Bertz CT molecular complexity index is 1280. The van der Waals surface area contributed by atoms with E-state index in [0.29, 0.717) is 43.2 Å². The van der Waals surface area contributed by atoms with Gasteiger partial charge in [0, 0.05) is 24.3 Å². The number of nitrogens with zero attached hydrogens (tertiary/aromatic N) is 2. The van der Waals surface area contributed by atoms with Crippen LogP contribution in [-0.4, -0.2) is 60.2 Å². The summed E-state index contributed by atoms with van der Waals surface area (Å²) in [5.74, 6) is -1.11. The molecule has 0 unspecified atom stereocenters. The number of fused-ring (bicyclic) bond motifs is 2. The van der Waals surface area contributed by atoms with Gasteiger partial charge in [0.05, 0.1) is 37.4 Å². The van der Waals surface area contributed by atoms with Gasteiger partial charge in [-0.15, -0.1) is 0 Å². The molecule has 0 aromatic heterocycles. The minimum atomic E-state index is -3.69. The molecule has 2 aromatic rings. The van der Waals surface area contributed by atoms with Crippen LogP contribution in [0, 0.1) is 0 Å². The molecular formula is C23H29N3O6S2. The van der Waals surface area contributed by atoms with Crippen LogP contribution in [0.4, 0.5) is 17.1 Å². The second-order valence-electron chi connectivity index (χ2n) is 8.93. The number of hydrogen-bond donors (Lipinski definition) is 1. The Balaban J connectivity index is 1.60. The molecule has 1 spiro atoms. The summed E-state index contributed by atoms with van der Waals surface area (Å²) in [6.45, 7) is 2.28. The fourth-order valence-corrected chi connectivity index (χ4v) is 7.18. The summed E-state index contributed by atoms with van der Waals surface area (Å²) in [4.78, 5) is 2.15. The van der Waals surface area contributed by atoms with Crippen LogP contribution in [0.1, 0.15) is 31.2 Å². The number of sulfonamides is 2. The molecule has 9 nitrogen and oxygen atoms in total. The molecule has 0 amide bonds. The lowest BCUT2D eigenvalue weighted by molar-refractivity contribution is -0.265. The molecule has 3 heterocycles. The van der Waals surface area contributed by atoms with Gasteiger partial charge in [-0.3, -0.25) is 4.72 Å². The lowest BCUT2D eigenvalue weighted by Crippen LogP contribution is -2.41. The van der Waals surface area contributed by atoms with Gasteiger partial charge in [-0.2, -0.15) is 4.31 Å².